The summed E-state index contributed by atoms with van der Waals surface area (Å²) in [6.45, 7) is 10.1. The summed E-state index contributed by atoms with van der Waals surface area (Å²) >= 11 is 1.43. The van der Waals surface area contributed by atoms with E-state index in [1.165, 1.54) is 22.9 Å². The first-order chi connectivity index (χ1) is 15.8. The molecule has 2 N–H and O–H groups in total. The lowest BCUT2D eigenvalue weighted by atomic mass is 10.0. The van der Waals surface area contributed by atoms with Gasteiger partial charge in [0.1, 0.15) is 0 Å². The molecule has 4 aromatic rings. The molecule has 4 nitrogen and oxygen atoms in total. The number of H-pyrrole nitrogens is 1. The first-order valence-corrected chi connectivity index (χ1v) is 12.0. The quantitative estimate of drug-likeness (QED) is 0.305. The van der Waals surface area contributed by atoms with Crippen LogP contribution in [0.1, 0.15) is 29.2 Å². The van der Waals surface area contributed by atoms with Crippen molar-refractivity contribution in [3.63, 3.8) is 0 Å². The van der Waals surface area contributed by atoms with E-state index >= 15 is 0 Å². The molecule has 1 atom stereocenters. The fourth-order valence-electron chi connectivity index (χ4n) is 3.60. The van der Waals surface area contributed by atoms with Crippen LogP contribution in [0.15, 0.2) is 71.9 Å². The number of carbonyl (C=O) groups excluding carboxylic acids is 1. The summed E-state index contributed by atoms with van der Waals surface area (Å²) in [5.74, 6) is -0.0427. The van der Waals surface area contributed by atoms with Crippen LogP contribution in [-0.4, -0.2) is 21.1 Å². The number of nitrogens with one attached hydrogen (secondary N) is 2. The van der Waals surface area contributed by atoms with E-state index in [-0.39, 0.29) is 11.2 Å². The molecular weight excluding hydrogens is 426 g/mol. The number of benzene rings is 3. The van der Waals surface area contributed by atoms with Crippen molar-refractivity contribution in [3.8, 4) is 22.5 Å². The van der Waals surface area contributed by atoms with E-state index in [1.807, 2.05) is 39.0 Å². The second kappa shape index (κ2) is 9.67. The van der Waals surface area contributed by atoms with Crippen molar-refractivity contribution in [2.24, 2.45) is 0 Å². The maximum absolute atomic E-state index is 12.9. The number of thioether (sulfide) groups is 1. The van der Waals surface area contributed by atoms with E-state index in [0.29, 0.717) is 0 Å². The summed E-state index contributed by atoms with van der Waals surface area (Å²) < 4.78 is 0. The molecule has 1 heterocycles. The van der Waals surface area contributed by atoms with E-state index < -0.39 is 0 Å². The number of hydrogen-bond donors (Lipinski definition) is 2. The highest BCUT2D eigenvalue weighted by Crippen LogP contribution is 2.34. The zero-order chi connectivity index (χ0) is 23.5. The van der Waals surface area contributed by atoms with Gasteiger partial charge in [-0.15, -0.1) is 0 Å². The number of rotatable bonds is 6. The summed E-state index contributed by atoms with van der Waals surface area (Å²) in [5, 5.41) is 3.48. The normalized spacial score (nSPS) is 11.9. The zero-order valence-corrected chi connectivity index (χ0v) is 20.5. The van der Waals surface area contributed by atoms with Crippen LogP contribution in [0.4, 0.5) is 5.69 Å². The predicted molar refractivity (Wildman–Crippen MR) is 139 cm³/mol. The van der Waals surface area contributed by atoms with Crippen molar-refractivity contribution in [2.45, 2.75) is 45.0 Å². The Kier molecular flexibility index (Phi) is 6.70. The SMILES string of the molecule is Cc1ccc(-c2nc(SC(C)C(=O)Nc3cccc(C)c3C)[nH]c2-c2ccc(C)cc2)cc1. The minimum Gasteiger partial charge on any atom is -0.332 e. The first kappa shape index (κ1) is 22.9. The number of carbonyl (C=O) groups is 1. The summed E-state index contributed by atoms with van der Waals surface area (Å²) in [6.07, 6.45) is 0. The number of aromatic nitrogens is 2. The van der Waals surface area contributed by atoms with Gasteiger partial charge in [0.05, 0.1) is 16.6 Å². The Balaban J connectivity index is 1.61. The monoisotopic (exact) mass is 455 g/mol. The molecule has 5 heteroatoms. The van der Waals surface area contributed by atoms with Gasteiger partial charge in [-0.3, -0.25) is 4.79 Å². The van der Waals surface area contributed by atoms with Crippen LogP contribution in [0.5, 0.6) is 0 Å². The minimum atomic E-state index is -0.312. The third kappa shape index (κ3) is 5.20. The van der Waals surface area contributed by atoms with Crippen molar-refractivity contribution < 1.29 is 4.79 Å². The van der Waals surface area contributed by atoms with Crippen LogP contribution < -0.4 is 5.32 Å². The summed E-state index contributed by atoms with van der Waals surface area (Å²) in [4.78, 5) is 21.3. The maximum Gasteiger partial charge on any atom is 0.237 e. The van der Waals surface area contributed by atoms with Crippen LogP contribution in [0.2, 0.25) is 0 Å². The Morgan fingerprint density at radius 1 is 0.879 bits per heavy atom. The fraction of sp³-hybridized carbons (Fsp3) is 0.214. The predicted octanol–water partition coefficient (Wildman–Crippen LogP) is 7.10. The van der Waals surface area contributed by atoms with Gasteiger partial charge in [-0.1, -0.05) is 83.6 Å². The van der Waals surface area contributed by atoms with Gasteiger partial charge >= 0.3 is 0 Å². The van der Waals surface area contributed by atoms with Crippen molar-refractivity contribution in [1.82, 2.24) is 9.97 Å². The molecular formula is C28H29N3OS. The lowest BCUT2D eigenvalue weighted by molar-refractivity contribution is -0.115. The summed E-state index contributed by atoms with van der Waals surface area (Å²) in [5.41, 5.74) is 9.49. The highest BCUT2D eigenvalue weighted by Gasteiger charge is 2.20. The number of aryl methyl sites for hydroxylation is 3. The highest BCUT2D eigenvalue weighted by atomic mass is 32.2. The van der Waals surface area contributed by atoms with E-state index in [2.05, 4.69) is 72.7 Å². The zero-order valence-electron chi connectivity index (χ0n) is 19.7. The molecule has 0 radical (unpaired) electrons. The van der Waals surface area contributed by atoms with Gasteiger partial charge in [-0.25, -0.2) is 4.98 Å². The van der Waals surface area contributed by atoms with Gasteiger partial charge in [0, 0.05) is 16.8 Å². The lowest BCUT2D eigenvalue weighted by Crippen LogP contribution is -2.23. The van der Waals surface area contributed by atoms with Crippen molar-refractivity contribution >= 4 is 23.4 Å². The standard InChI is InChI=1S/C28H29N3OS/c1-17-9-13-22(14-10-17)25-26(23-15-11-18(2)12-16-23)31-28(30-25)33-21(5)27(32)29-24-8-6-7-19(3)20(24)4/h6-16,21H,1-5H3,(H,29,32)(H,30,31). The number of amides is 1. The van der Waals surface area contributed by atoms with Crippen molar-refractivity contribution in [2.75, 3.05) is 5.32 Å². The van der Waals surface area contributed by atoms with Crippen LogP contribution >= 0.6 is 11.8 Å². The van der Waals surface area contributed by atoms with Gasteiger partial charge < -0.3 is 10.3 Å². The number of imidazole rings is 1. The average molecular weight is 456 g/mol. The number of nitrogens with zero attached hydrogens (tertiary/aromatic N) is 1. The van der Waals surface area contributed by atoms with E-state index in [9.17, 15) is 4.79 Å². The summed E-state index contributed by atoms with van der Waals surface area (Å²) in [6, 6.07) is 22.7. The third-order valence-corrected chi connectivity index (χ3v) is 6.85. The van der Waals surface area contributed by atoms with Crippen LogP contribution in [0.3, 0.4) is 0 Å². The second-order valence-electron chi connectivity index (χ2n) is 8.49. The molecule has 0 aliphatic rings. The third-order valence-electron chi connectivity index (χ3n) is 5.87. The molecule has 0 spiro atoms. The Labute approximate surface area is 199 Å². The van der Waals surface area contributed by atoms with Gasteiger partial charge in [0.15, 0.2) is 5.16 Å². The number of hydrogen-bond acceptors (Lipinski definition) is 3. The number of anilines is 1. The number of aromatic amines is 1. The van der Waals surface area contributed by atoms with Gasteiger partial charge in [-0.05, 0) is 51.8 Å². The molecule has 1 aromatic heterocycles. The lowest BCUT2D eigenvalue weighted by Gasteiger charge is -2.13. The molecule has 3 aromatic carbocycles. The Morgan fingerprint density at radius 2 is 1.48 bits per heavy atom. The molecule has 0 saturated heterocycles. The highest BCUT2D eigenvalue weighted by molar-refractivity contribution is 8.00. The Bertz CT molecular complexity index is 1210. The van der Waals surface area contributed by atoms with Gasteiger partial charge in [0.25, 0.3) is 0 Å². The molecule has 0 aliphatic heterocycles. The van der Waals surface area contributed by atoms with Gasteiger partial charge in [-0.2, -0.15) is 0 Å². The maximum atomic E-state index is 12.9. The molecule has 0 saturated carbocycles. The van der Waals surface area contributed by atoms with Crippen molar-refractivity contribution in [3.05, 3.63) is 89.0 Å². The molecule has 0 aliphatic carbocycles. The average Bonchev–Trinajstić information content (AvgIpc) is 3.21. The van der Waals surface area contributed by atoms with Crippen molar-refractivity contribution in [1.29, 1.82) is 0 Å². The van der Waals surface area contributed by atoms with E-state index in [4.69, 9.17) is 4.98 Å². The molecule has 0 bridgehead atoms. The van der Waals surface area contributed by atoms with Crippen LogP contribution in [0, 0.1) is 27.7 Å². The van der Waals surface area contributed by atoms with Crippen LogP contribution in [-0.2, 0) is 4.79 Å². The molecule has 33 heavy (non-hydrogen) atoms. The minimum absolute atomic E-state index is 0.0427. The largest absolute Gasteiger partial charge is 0.332 e. The summed E-state index contributed by atoms with van der Waals surface area (Å²) in [7, 11) is 0. The first-order valence-electron chi connectivity index (χ1n) is 11.1. The smallest absolute Gasteiger partial charge is 0.237 e. The molecule has 168 valence electrons. The van der Waals surface area contributed by atoms with Crippen LogP contribution in [0.25, 0.3) is 22.5 Å². The second-order valence-corrected chi connectivity index (χ2v) is 9.82. The molecule has 0 fully saturated rings. The molecule has 4 rings (SSSR count). The Hall–Kier alpha value is -3.31. The van der Waals surface area contributed by atoms with E-state index in [0.717, 1.165) is 44.5 Å². The van der Waals surface area contributed by atoms with E-state index in [1.54, 1.807) is 0 Å². The molecule has 1 amide bonds. The topological polar surface area (TPSA) is 57.8 Å². The van der Waals surface area contributed by atoms with Gasteiger partial charge in [0.2, 0.25) is 5.91 Å². The molecule has 1 unspecified atom stereocenters. The fourth-order valence-corrected chi connectivity index (χ4v) is 4.40. The Morgan fingerprint density at radius 3 is 2.12 bits per heavy atom.